The topological polar surface area (TPSA) is 49.4 Å². The Hall–Kier alpha value is -0.570. The van der Waals surface area contributed by atoms with Crippen LogP contribution in [0.3, 0.4) is 0 Å². The van der Waals surface area contributed by atoms with Crippen LogP contribution in [-0.2, 0) is 10.0 Å². The summed E-state index contributed by atoms with van der Waals surface area (Å²) in [6, 6.07) is 1.27. The van der Waals surface area contributed by atoms with Gasteiger partial charge in [0.05, 0.1) is 0 Å². The Morgan fingerprint density at radius 3 is 2.45 bits per heavy atom. The highest BCUT2D eigenvalue weighted by Gasteiger charge is 2.28. The summed E-state index contributed by atoms with van der Waals surface area (Å²) < 4.78 is 53.5. The number of nitrogens with zero attached hydrogens (tertiary/aromatic N) is 1. The molecular formula is C12H15BrF2N2O2S. The second-order valence-electron chi connectivity index (χ2n) is 4.90. The van der Waals surface area contributed by atoms with E-state index in [2.05, 4.69) is 25.6 Å². The number of nitrogens with one attached hydrogen (secondary N) is 1. The zero-order valence-electron chi connectivity index (χ0n) is 10.9. The van der Waals surface area contributed by atoms with E-state index in [9.17, 15) is 17.2 Å². The number of likely N-dealkylation sites (tertiary alicyclic amines) is 1. The van der Waals surface area contributed by atoms with E-state index in [1.54, 1.807) is 0 Å². The van der Waals surface area contributed by atoms with Crippen LogP contribution in [-0.4, -0.2) is 39.5 Å². The normalized spacial score (nSPS) is 18.4. The fourth-order valence-electron chi connectivity index (χ4n) is 2.19. The third kappa shape index (κ3) is 3.55. The third-order valence-electron chi connectivity index (χ3n) is 3.27. The molecular weight excluding hydrogens is 354 g/mol. The standard InChI is InChI=1S/C12H15BrF2N2O2S/c1-17-4-2-9(3-5-17)16-20(18,19)12-10(13)6-8(14)7-11(12)15/h6-7,9,16H,2-5H2,1H3. The molecule has 1 fully saturated rings. The number of sulfonamides is 1. The van der Waals surface area contributed by atoms with Gasteiger partial charge in [-0.05, 0) is 55.0 Å². The number of hydrogen-bond acceptors (Lipinski definition) is 3. The molecule has 0 bridgehead atoms. The molecule has 0 atom stereocenters. The van der Waals surface area contributed by atoms with Crippen molar-refractivity contribution in [3.8, 4) is 0 Å². The minimum Gasteiger partial charge on any atom is -0.306 e. The maximum Gasteiger partial charge on any atom is 0.244 e. The van der Waals surface area contributed by atoms with E-state index < -0.39 is 26.6 Å². The molecule has 0 unspecified atom stereocenters. The van der Waals surface area contributed by atoms with Crippen LogP contribution in [0, 0.1) is 11.6 Å². The van der Waals surface area contributed by atoms with Gasteiger partial charge in [-0.15, -0.1) is 0 Å². The number of piperidine rings is 1. The zero-order valence-corrected chi connectivity index (χ0v) is 13.3. The lowest BCUT2D eigenvalue weighted by molar-refractivity contribution is 0.248. The minimum atomic E-state index is -4.01. The van der Waals surface area contributed by atoms with Crippen molar-refractivity contribution < 1.29 is 17.2 Å². The Morgan fingerprint density at radius 1 is 1.30 bits per heavy atom. The van der Waals surface area contributed by atoms with Crippen LogP contribution >= 0.6 is 15.9 Å². The molecule has 1 aromatic rings. The van der Waals surface area contributed by atoms with E-state index >= 15 is 0 Å². The van der Waals surface area contributed by atoms with E-state index in [1.165, 1.54) is 0 Å². The van der Waals surface area contributed by atoms with E-state index in [0.29, 0.717) is 18.9 Å². The third-order valence-corrected chi connectivity index (χ3v) is 5.76. The minimum absolute atomic E-state index is 0.115. The van der Waals surface area contributed by atoms with Gasteiger partial charge in [-0.3, -0.25) is 0 Å². The number of hydrogen-bond donors (Lipinski definition) is 1. The molecule has 0 amide bonds. The predicted molar refractivity (Wildman–Crippen MR) is 74.9 cm³/mol. The monoisotopic (exact) mass is 368 g/mol. The quantitative estimate of drug-likeness (QED) is 0.888. The molecule has 0 spiro atoms. The van der Waals surface area contributed by atoms with Crippen LogP contribution in [0.15, 0.2) is 21.5 Å². The summed E-state index contributed by atoms with van der Waals surface area (Å²) in [5.74, 6) is -1.93. The molecule has 1 N–H and O–H groups in total. The van der Waals surface area contributed by atoms with Gasteiger partial charge in [-0.25, -0.2) is 21.9 Å². The van der Waals surface area contributed by atoms with Crippen LogP contribution in [0.1, 0.15) is 12.8 Å². The van der Waals surface area contributed by atoms with Crippen molar-refractivity contribution in [1.29, 1.82) is 0 Å². The highest BCUT2D eigenvalue weighted by molar-refractivity contribution is 9.10. The average Bonchev–Trinajstić information content (AvgIpc) is 2.30. The van der Waals surface area contributed by atoms with Crippen LogP contribution in [0.4, 0.5) is 8.78 Å². The lowest BCUT2D eigenvalue weighted by atomic mass is 10.1. The molecule has 20 heavy (non-hydrogen) atoms. The lowest BCUT2D eigenvalue weighted by Gasteiger charge is -2.29. The van der Waals surface area contributed by atoms with Gasteiger partial charge in [0, 0.05) is 16.6 Å². The summed E-state index contributed by atoms with van der Waals surface area (Å²) in [7, 11) is -2.05. The van der Waals surface area contributed by atoms with Gasteiger partial charge in [-0.2, -0.15) is 0 Å². The highest BCUT2D eigenvalue weighted by atomic mass is 79.9. The van der Waals surface area contributed by atoms with E-state index in [1.807, 2.05) is 7.05 Å². The van der Waals surface area contributed by atoms with Crippen LogP contribution in [0.2, 0.25) is 0 Å². The summed E-state index contributed by atoms with van der Waals surface area (Å²) in [5, 5.41) is 0. The van der Waals surface area contributed by atoms with Gasteiger partial charge in [-0.1, -0.05) is 0 Å². The number of halogens is 3. The summed E-state index contributed by atoms with van der Waals surface area (Å²) >= 11 is 2.90. The Kier molecular flexibility index (Phi) is 4.78. The van der Waals surface area contributed by atoms with Crippen LogP contribution in [0.5, 0.6) is 0 Å². The zero-order chi connectivity index (χ0) is 14.9. The van der Waals surface area contributed by atoms with Gasteiger partial charge in [0.2, 0.25) is 10.0 Å². The molecule has 1 aliphatic rings. The maximum atomic E-state index is 13.7. The first-order valence-electron chi connectivity index (χ1n) is 6.15. The molecule has 0 aliphatic carbocycles. The summed E-state index contributed by atoms with van der Waals surface area (Å²) in [6.07, 6.45) is 1.33. The molecule has 112 valence electrons. The molecule has 0 saturated carbocycles. The Bertz CT molecular complexity index is 578. The molecule has 2 rings (SSSR count). The first-order chi connectivity index (χ1) is 9.29. The Balaban J connectivity index is 2.23. The van der Waals surface area contributed by atoms with Crippen molar-refractivity contribution in [3.63, 3.8) is 0 Å². The van der Waals surface area contributed by atoms with Crippen LogP contribution < -0.4 is 4.72 Å². The molecule has 1 heterocycles. The lowest BCUT2D eigenvalue weighted by Crippen LogP contribution is -2.43. The van der Waals surface area contributed by atoms with Gasteiger partial charge >= 0.3 is 0 Å². The Morgan fingerprint density at radius 2 is 1.90 bits per heavy atom. The fourth-order valence-corrected chi connectivity index (χ4v) is 4.66. The van der Waals surface area contributed by atoms with Gasteiger partial charge < -0.3 is 4.90 Å². The van der Waals surface area contributed by atoms with Crippen molar-refractivity contribution in [3.05, 3.63) is 28.2 Å². The fraction of sp³-hybridized carbons (Fsp3) is 0.500. The molecule has 1 saturated heterocycles. The van der Waals surface area contributed by atoms with Crippen molar-refractivity contribution in [2.45, 2.75) is 23.8 Å². The van der Waals surface area contributed by atoms with E-state index in [-0.39, 0.29) is 10.5 Å². The summed E-state index contributed by atoms with van der Waals surface area (Å²) in [6.45, 7) is 1.56. The molecule has 0 aromatic heterocycles. The molecule has 1 aromatic carbocycles. The molecule has 1 aliphatic heterocycles. The van der Waals surface area contributed by atoms with E-state index in [0.717, 1.165) is 19.2 Å². The summed E-state index contributed by atoms with van der Waals surface area (Å²) in [5.41, 5.74) is 0. The number of benzene rings is 1. The highest BCUT2D eigenvalue weighted by Crippen LogP contribution is 2.27. The second kappa shape index (κ2) is 6.05. The van der Waals surface area contributed by atoms with Crippen LogP contribution in [0.25, 0.3) is 0 Å². The van der Waals surface area contributed by atoms with Crippen molar-refractivity contribution in [2.75, 3.05) is 20.1 Å². The first-order valence-corrected chi connectivity index (χ1v) is 8.42. The van der Waals surface area contributed by atoms with Crippen molar-refractivity contribution in [1.82, 2.24) is 9.62 Å². The van der Waals surface area contributed by atoms with Gasteiger partial charge in [0.1, 0.15) is 16.5 Å². The Labute approximate surface area is 125 Å². The predicted octanol–water partition coefficient (Wildman–Crippen LogP) is 2.10. The largest absolute Gasteiger partial charge is 0.306 e. The smallest absolute Gasteiger partial charge is 0.244 e. The first kappa shape index (κ1) is 15.8. The SMILES string of the molecule is CN1CCC(NS(=O)(=O)c2c(F)cc(F)cc2Br)CC1. The average molecular weight is 369 g/mol. The molecule has 0 radical (unpaired) electrons. The molecule has 8 heteroatoms. The number of rotatable bonds is 3. The second-order valence-corrected chi connectivity index (χ2v) is 7.40. The van der Waals surface area contributed by atoms with Gasteiger partial charge in [0.15, 0.2) is 0 Å². The van der Waals surface area contributed by atoms with Gasteiger partial charge in [0.25, 0.3) is 0 Å². The van der Waals surface area contributed by atoms with E-state index in [4.69, 9.17) is 0 Å². The van der Waals surface area contributed by atoms with Crippen molar-refractivity contribution >= 4 is 26.0 Å². The molecule has 4 nitrogen and oxygen atoms in total. The van der Waals surface area contributed by atoms with Crippen molar-refractivity contribution in [2.24, 2.45) is 0 Å². The maximum absolute atomic E-state index is 13.7. The summed E-state index contributed by atoms with van der Waals surface area (Å²) in [4.78, 5) is 1.55.